The fourth-order valence-electron chi connectivity index (χ4n) is 5.96. The number of ether oxygens (including phenoxy) is 1. The second kappa shape index (κ2) is 7.62. The molecular weight excluding hydrogens is 481 g/mol. The van der Waals surface area contributed by atoms with Crippen molar-refractivity contribution in [2.45, 2.75) is 63.6 Å². The normalized spacial score (nSPS) is 32.2. The van der Waals surface area contributed by atoms with Gasteiger partial charge in [-0.15, -0.1) is 0 Å². The average molecular weight is 506 g/mol. The molecule has 36 heavy (non-hydrogen) atoms. The predicted molar refractivity (Wildman–Crippen MR) is 119 cm³/mol. The highest BCUT2D eigenvalue weighted by Gasteiger charge is 2.76. The number of H-pyrrole nitrogens is 1. The van der Waals surface area contributed by atoms with Gasteiger partial charge >= 0.3 is 6.18 Å². The number of imide groups is 1. The van der Waals surface area contributed by atoms with Gasteiger partial charge in [0.1, 0.15) is 5.69 Å². The zero-order valence-electron chi connectivity index (χ0n) is 19.9. The summed E-state index contributed by atoms with van der Waals surface area (Å²) in [5.74, 6) is -3.72. The van der Waals surface area contributed by atoms with E-state index in [4.69, 9.17) is 4.74 Å². The molecule has 1 aromatic carbocycles. The third-order valence-electron chi connectivity index (χ3n) is 7.71. The quantitative estimate of drug-likeness (QED) is 0.548. The number of halogens is 3. The number of carbonyl (C=O) groups is 3. The van der Waals surface area contributed by atoms with Gasteiger partial charge in [0, 0.05) is 6.42 Å². The third kappa shape index (κ3) is 3.38. The van der Waals surface area contributed by atoms with Crippen LogP contribution in [0.2, 0.25) is 0 Å². The van der Waals surface area contributed by atoms with Crippen LogP contribution in [0.15, 0.2) is 24.3 Å². The van der Waals surface area contributed by atoms with Crippen LogP contribution in [0.3, 0.4) is 0 Å². The van der Waals surface area contributed by atoms with Crippen molar-refractivity contribution in [3.63, 3.8) is 0 Å². The summed E-state index contributed by atoms with van der Waals surface area (Å²) in [6.07, 6.45) is -5.27. The molecule has 3 amide bonds. The molecule has 2 aromatic rings. The Kier molecular flexibility index (Phi) is 5.18. The molecule has 3 aliphatic heterocycles. The molecule has 6 atom stereocenters. The number of aliphatic hydroxyl groups excluding tert-OH is 1. The van der Waals surface area contributed by atoms with E-state index >= 15 is 0 Å². The zero-order chi connectivity index (χ0) is 26.4. The molecule has 0 radical (unpaired) electrons. The molecule has 0 saturated carbocycles. The van der Waals surface area contributed by atoms with Crippen molar-refractivity contribution >= 4 is 23.4 Å². The van der Waals surface area contributed by atoms with E-state index in [1.165, 1.54) is 32.0 Å². The van der Waals surface area contributed by atoms with E-state index in [1.54, 1.807) is 13.8 Å². The Balaban J connectivity index is 1.45. The molecule has 3 aliphatic rings. The second-order valence-corrected chi connectivity index (χ2v) is 10.2. The fourth-order valence-corrected chi connectivity index (χ4v) is 5.96. The van der Waals surface area contributed by atoms with E-state index in [0.29, 0.717) is 5.69 Å². The van der Waals surface area contributed by atoms with Gasteiger partial charge in [0.2, 0.25) is 11.8 Å². The van der Waals surface area contributed by atoms with E-state index in [1.807, 2.05) is 0 Å². The van der Waals surface area contributed by atoms with E-state index in [0.717, 1.165) is 11.0 Å². The first kappa shape index (κ1) is 24.4. The van der Waals surface area contributed by atoms with Gasteiger partial charge in [0.05, 0.1) is 52.1 Å². The molecule has 9 nitrogen and oxygen atoms in total. The molecule has 3 N–H and O–H groups in total. The first-order chi connectivity index (χ1) is 16.7. The minimum Gasteiger partial charge on any atom is -0.387 e. The van der Waals surface area contributed by atoms with Crippen molar-refractivity contribution in [3.8, 4) is 0 Å². The van der Waals surface area contributed by atoms with Crippen LogP contribution in [0, 0.1) is 18.8 Å². The summed E-state index contributed by atoms with van der Waals surface area (Å²) in [5, 5.41) is 19.0. The van der Waals surface area contributed by atoms with Crippen LogP contribution in [-0.2, 0) is 20.5 Å². The smallest absolute Gasteiger partial charge is 0.387 e. The maximum absolute atomic E-state index is 13.5. The Labute approximate surface area is 204 Å². The first-order valence-electron chi connectivity index (χ1n) is 11.5. The van der Waals surface area contributed by atoms with Crippen LogP contribution in [0.25, 0.3) is 0 Å². The van der Waals surface area contributed by atoms with Crippen molar-refractivity contribution in [1.29, 1.82) is 0 Å². The van der Waals surface area contributed by atoms with E-state index in [9.17, 15) is 32.7 Å². The maximum Gasteiger partial charge on any atom is 0.416 e. The Morgan fingerprint density at radius 1 is 1.25 bits per heavy atom. The number of amides is 3. The Hall–Kier alpha value is -3.25. The lowest BCUT2D eigenvalue weighted by atomic mass is 9.66. The Morgan fingerprint density at radius 3 is 2.53 bits per heavy atom. The summed E-state index contributed by atoms with van der Waals surface area (Å²) in [7, 11) is 0. The standard InChI is InChI=1S/C24H25F3N4O5/c1-10-5-6-12(7-13(10)24(25,26)27)31-20(34)17-18(21(31)35)23(4)16(9-22(17,3)36-23)28-19(33)15-8-14(11(2)32)29-30-15/h5-8,11,16-18,32H,9H2,1-4H3,(H,28,33)(H,29,30)/t11?,16-,17-,18+,22-,23+/m1/s1. The molecule has 192 valence electrons. The molecule has 12 heteroatoms. The van der Waals surface area contributed by atoms with Gasteiger partial charge in [-0.05, 0) is 51.5 Å². The molecule has 3 saturated heterocycles. The highest BCUT2D eigenvalue weighted by molar-refractivity contribution is 6.23. The van der Waals surface area contributed by atoms with Crippen molar-refractivity contribution in [1.82, 2.24) is 15.5 Å². The predicted octanol–water partition coefficient (Wildman–Crippen LogP) is 2.65. The van der Waals surface area contributed by atoms with Gasteiger partial charge < -0.3 is 15.2 Å². The molecule has 5 rings (SSSR count). The number of hydrogen-bond acceptors (Lipinski definition) is 6. The van der Waals surface area contributed by atoms with Crippen LogP contribution in [-0.4, -0.2) is 50.3 Å². The summed E-state index contributed by atoms with van der Waals surface area (Å²) in [6.45, 7) is 6.13. The Bertz CT molecular complexity index is 1290. The number of nitrogens with zero attached hydrogens (tertiary/aromatic N) is 2. The highest BCUT2D eigenvalue weighted by Crippen LogP contribution is 2.61. The number of nitrogens with one attached hydrogen (secondary N) is 2. The number of aromatic nitrogens is 2. The topological polar surface area (TPSA) is 125 Å². The van der Waals surface area contributed by atoms with Crippen LogP contribution >= 0.6 is 0 Å². The third-order valence-corrected chi connectivity index (χ3v) is 7.71. The zero-order valence-corrected chi connectivity index (χ0v) is 19.9. The van der Waals surface area contributed by atoms with Crippen LogP contribution in [0.5, 0.6) is 0 Å². The van der Waals surface area contributed by atoms with Gasteiger partial charge in [-0.3, -0.25) is 19.5 Å². The highest BCUT2D eigenvalue weighted by atomic mass is 19.4. The van der Waals surface area contributed by atoms with Crippen molar-refractivity contribution in [2.24, 2.45) is 11.8 Å². The largest absolute Gasteiger partial charge is 0.416 e. The van der Waals surface area contributed by atoms with Crippen LogP contribution in [0.1, 0.15) is 60.6 Å². The number of anilines is 1. The maximum atomic E-state index is 13.5. The number of fused-ring (bicyclic) bond motifs is 5. The number of benzene rings is 1. The number of rotatable bonds is 4. The van der Waals surface area contributed by atoms with Crippen molar-refractivity contribution < 1.29 is 37.4 Å². The van der Waals surface area contributed by atoms with E-state index in [2.05, 4.69) is 15.5 Å². The monoisotopic (exact) mass is 506 g/mol. The van der Waals surface area contributed by atoms with Gasteiger partial charge in [0.25, 0.3) is 5.91 Å². The molecule has 1 aromatic heterocycles. The fraction of sp³-hybridized carbons (Fsp3) is 0.500. The van der Waals surface area contributed by atoms with Crippen molar-refractivity contribution in [3.05, 3.63) is 46.8 Å². The summed E-state index contributed by atoms with van der Waals surface area (Å²) in [6, 6.07) is 4.11. The summed E-state index contributed by atoms with van der Waals surface area (Å²) in [4.78, 5) is 40.6. The van der Waals surface area contributed by atoms with Gasteiger partial charge in [0.15, 0.2) is 0 Å². The average Bonchev–Trinajstić information content (AvgIpc) is 3.47. The van der Waals surface area contributed by atoms with Gasteiger partial charge in [-0.1, -0.05) is 6.07 Å². The lowest BCUT2D eigenvalue weighted by Crippen LogP contribution is -2.56. The number of aromatic amines is 1. The molecule has 2 bridgehead atoms. The SMILES string of the molecule is Cc1ccc(N2C(=O)[C@@H]3[C@H](C2=O)[C@@]2(C)C[C@@H](NC(=O)c4cc(C(C)O)[nH]n4)[C@]3(C)O2)cc1C(F)(F)F. The Morgan fingerprint density at radius 2 is 1.92 bits per heavy atom. The molecule has 1 unspecified atom stereocenters. The molecule has 0 aliphatic carbocycles. The molecular formula is C24H25F3N4O5. The van der Waals surface area contributed by atoms with Crippen LogP contribution < -0.4 is 10.2 Å². The number of hydrogen-bond donors (Lipinski definition) is 3. The van der Waals surface area contributed by atoms with Crippen molar-refractivity contribution in [2.75, 3.05) is 4.90 Å². The minimum absolute atomic E-state index is 0.0206. The molecule has 3 fully saturated rings. The van der Waals surface area contributed by atoms with E-state index in [-0.39, 0.29) is 23.4 Å². The summed E-state index contributed by atoms with van der Waals surface area (Å²) in [5.41, 5.74) is -3.07. The van der Waals surface area contributed by atoms with Gasteiger partial charge in [-0.2, -0.15) is 18.3 Å². The van der Waals surface area contributed by atoms with Gasteiger partial charge in [-0.25, -0.2) is 4.90 Å². The number of aryl methyl sites for hydroxylation is 1. The summed E-state index contributed by atoms with van der Waals surface area (Å²) >= 11 is 0. The lowest BCUT2D eigenvalue weighted by Gasteiger charge is -2.35. The number of alkyl halides is 3. The van der Waals surface area contributed by atoms with Crippen LogP contribution in [0.4, 0.5) is 18.9 Å². The number of aliphatic hydroxyl groups is 1. The molecule has 0 spiro atoms. The first-order valence-corrected chi connectivity index (χ1v) is 11.5. The second-order valence-electron chi connectivity index (χ2n) is 10.2. The minimum atomic E-state index is -4.64. The summed E-state index contributed by atoms with van der Waals surface area (Å²) < 4.78 is 46.7. The lowest BCUT2D eigenvalue weighted by molar-refractivity contribution is -0.138. The van der Waals surface area contributed by atoms with E-state index < -0.39 is 64.6 Å². The molecule has 4 heterocycles. The number of carbonyl (C=O) groups excluding carboxylic acids is 3.